The van der Waals surface area contributed by atoms with Crippen LogP contribution in [0.1, 0.15) is 10.5 Å². The molecule has 4 nitrogen and oxygen atoms in total. The Morgan fingerprint density at radius 3 is 2.89 bits per heavy atom. The van der Waals surface area contributed by atoms with E-state index in [9.17, 15) is 4.79 Å². The Morgan fingerprint density at radius 2 is 2.21 bits per heavy atom. The molecule has 0 fully saturated rings. The number of halogens is 2. The van der Waals surface area contributed by atoms with E-state index in [4.69, 9.17) is 16.3 Å². The van der Waals surface area contributed by atoms with Crippen LogP contribution in [0.3, 0.4) is 0 Å². The number of nitrogens with one attached hydrogen (secondary N) is 1. The highest BCUT2D eigenvalue weighted by Crippen LogP contribution is 2.28. The zero-order chi connectivity index (χ0) is 13.8. The van der Waals surface area contributed by atoms with Gasteiger partial charge >= 0.3 is 0 Å². The van der Waals surface area contributed by atoms with Crippen molar-refractivity contribution in [1.29, 1.82) is 0 Å². The van der Waals surface area contributed by atoms with E-state index >= 15 is 0 Å². The largest absolute Gasteiger partial charge is 0.495 e. The molecule has 0 spiro atoms. The SMILES string of the molecule is COc1ccc(Cl)cc1NC(=O)c1ncccc1Br. The maximum atomic E-state index is 12.1. The van der Waals surface area contributed by atoms with Crippen molar-refractivity contribution < 1.29 is 9.53 Å². The third kappa shape index (κ3) is 3.24. The Kier molecular flexibility index (Phi) is 4.39. The molecule has 0 unspecified atom stereocenters. The number of anilines is 1. The zero-order valence-corrected chi connectivity index (χ0v) is 12.3. The first-order valence-electron chi connectivity index (χ1n) is 5.37. The number of carbonyl (C=O) groups is 1. The summed E-state index contributed by atoms with van der Waals surface area (Å²) in [5, 5.41) is 3.23. The molecule has 6 heteroatoms. The highest BCUT2D eigenvalue weighted by Gasteiger charge is 2.13. The summed E-state index contributed by atoms with van der Waals surface area (Å²) < 4.78 is 5.78. The van der Waals surface area contributed by atoms with E-state index in [0.29, 0.717) is 26.6 Å². The van der Waals surface area contributed by atoms with E-state index in [2.05, 4.69) is 26.2 Å². The number of pyridine rings is 1. The van der Waals surface area contributed by atoms with Gasteiger partial charge in [-0.3, -0.25) is 4.79 Å². The molecule has 1 aromatic carbocycles. The zero-order valence-electron chi connectivity index (χ0n) is 9.98. The quantitative estimate of drug-likeness (QED) is 0.925. The minimum atomic E-state index is -0.340. The van der Waals surface area contributed by atoms with E-state index in [-0.39, 0.29) is 5.91 Å². The second-order valence-electron chi connectivity index (χ2n) is 3.63. The van der Waals surface area contributed by atoms with E-state index in [1.807, 2.05) is 0 Å². The van der Waals surface area contributed by atoms with E-state index in [1.54, 1.807) is 36.5 Å². The Balaban J connectivity index is 2.29. The number of carbonyl (C=O) groups excluding carboxylic acids is 1. The van der Waals surface area contributed by atoms with Crippen LogP contribution in [0, 0.1) is 0 Å². The number of rotatable bonds is 3. The van der Waals surface area contributed by atoms with Gasteiger partial charge in [-0.2, -0.15) is 0 Å². The lowest BCUT2D eigenvalue weighted by Crippen LogP contribution is -2.14. The van der Waals surface area contributed by atoms with Gasteiger partial charge in [0, 0.05) is 15.7 Å². The van der Waals surface area contributed by atoms with Gasteiger partial charge in [0.1, 0.15) is 11.4 Å². The van der Waals surface area contributed by atoms with Crippen molar-refractivity contribution in [3.63, 3.8) is 0 Å². The molecule has 0 aliphatic heterocycles. The average molecular weight is 342 g/mol. The van der Waals surface area contributed by atoms with Gasteiger partial charge in [0.2, 0.25) is 0 Å². The third-order valence-electron chi connectivity index (χ3n) is 2.38. The highest BCUT2D eigenvalue weighted by atomic mass is 79.9. The molecule has 0 radical (unpaired) electrons. The highest BCUT2D eigenvalue weighted by molar-refractivity contribution is 9.10. The van der Waals surface area contributed by atoms with Crippen molar-refractivity contribution in [1.82, 2.24) is 4.98 Å². The normalized spacial score (nSPS) is 10.1. The molecule has 0 aliphatic carbocycles. The fourth-order valence-corrected chi connectivity index (χ4v) is 2.12. The van der Waals surface area contributed by atoms with Crippen LogP contribution in [-0.2, 0) is 0 Å². The Morgan fingerprint density at radius 1 is 1.42 bits per heavy atom. The van der Waals surface area contributed by atoms with E-state index < -0.39 is 0 Å². The summed E-state index contributed by atoms with van der Waals surface area (Å²) in [7, 11) is 1.52. The maximum absolute atomic E-state index is 12.1. The Hall–Kier alpha value is -1.59. The second kappa shape index (κ2) is 6.04. The molecule has 1 heterocycles. The molecule has 0 saturated heterocycles. The molecule has 1 aromatic heterocycles. The van der Waals surface area contributed by atoms with Crippen molar-refractivity contribution >= 4 is 39.1 Å². The molecule has 2 aromatic rings. The number of ether oxygens (including phenoxy) is 1. The molecule has 98 valence electrons. The molecule has 1 N–H and O–H groups in total. The monoisotopic (exact) mass is 340 g/mol. The lowest BCUT2D eigenvalue weighted by Gasteiger charge is -2.10. The van der Waals surface area contributed by atoms with Gasteiger partial charge in [0.25, 0.3) is 5.91 Å². The molecule has 0 bridgehead atoms. The van der Waals surface area contributed by atoms with Crippen LogP contribution in [-0.4, -0.2) is 18.0 Å². The Bertz CT molecular complexity index is 619. The van der Waals surface area contributed by atoms with Crippen molar-refractivity contribution in [2.24, 2.45) is 0 Å². The topological polar surface area (TPSA) is 51.2 Å². The van der Waals surface area contributed by atoms with Crippen LogP contribution in [0.4, 0.5) is 5.69 Å². The lowest BCUT2D eigenvalue weighted by molar-refractivity contribution is 0.102. The summed E-state index contributed by atoms with van der Waals surface area (Å²) in [5.41, 5.74) is 0.794. The second-order valence-corrected chi connectivity index (χ2v) is 4.92. The molecular formula is C13H10BrClN2O2. The summed E-state index contributed by atoms with van der Waals surface area (Å²) in [6.45, 7) is 0. The number of methoxy groups -OCH3 is 1. The first-order chi connectivity index (χ1) is 9.11. The number of nitrogens with zero attached hydrogens (tertiary/aromatic N) is 1. The standard InChI is InChI=1S/C13H10BrClN2O2/c1-19-11-5-4-8(15)7-10(11)17-13(18)12-9(14)3-2-6-16-12/h2-7H,1H3,(H,17,18). The van der Waals surface area contributed by atoms with Crippen molar-refractivity contribution in [3.8, 4) is 5.75 Å². The number of hydrogen-bond donors (Lipinski definition) is 1. The van der Waals surface area contributed by atoms with Crippen LogP contribution in [0.15, 0.2) is 41.0 Å². The van der Waals surface area contributed by atoms with Gasteiger partial charge in [0.15, 0.2) is 0 Å². The van der Waals surface area contributed by atoms with E-state index in [1.165, 1.54) is 7.11 Å². The maximum Gasteiger partial charge on any atom is 0.275 e. The fraction of sp³-hybridized carbons (Fsp3) is 0.0769. The van der Waals surface area contributed by atoms with Crippen LogP contribution in [0.2, 0.25) is 5.02 Å². The van der Waals surface area contributed by atoms with Gasteiger partial charge in [-0.15, -0.1) is 0 Å². The van der Waals surface area contributed by atoms with Gasteiger partial charge in [-0.1, -0.05) is 11.6 Å². The number of benzene rings is 1. The lowest BCUT2D eigenvalue weighted by atomic mass is 10.2. The van der Waals surface area contributed by atoms with Gasteiger partial charge in [-0.05, 0) is 46.3 Å². The molecular weight excluding hydrogens is 332 g/mol. The number of aromatic nitrogens is 1. The molecule has 0 saturated carbocycles. The smallest absolute Gasteiger partial charge is 0.275 e. The average Bonchev–Trinajstić information content (AvgIpc) is 2.39. The number of hydrogen-bond acceptors (Lipinski definition) is 3. The van der Waals surface area contributed by atoms with Crippen molar-refractivity contribution in [3.05, 3.63) is 51.7 Å². The van der Waals surface area contributed by atoms with E-state index in [0.717, 1.165) is 0 Å². The fourth-order valence-electron chi connectivity index (χ4n) is 1.51. The summed E-state index contributed by atoms with van der Waals surface area (Å²) >= 11 is 9.18. The predicted octanol–water partition coefficient (Wildman–Crippen LogP) is 3.76. The molecule has 19 heavy (non-hydrogen) atoms. The minimum Gasteiger partial charge on any atom is -0.495 e. The first kappa shape index (κ1) is 13.8. The van der Waals surface area contributed by atoms with Gasteiger partial charge in [0.05, 0.1) is 12.8 Å². The summed E-state index contributed by atoms with van der Waals surface area (Å²) in [4.78, 5) is 16.1. The van der Waals surface area contributed by atoms with Crippen LogP contribution < -0.4 is 10.1 Å². The Labute approximate surface area is 123 Å². The summed E-state index contributed by atoms with van der Waals surface area (Å²) in [5.74, 6) is 0.192. The van der Waals surface area contributed by atoms with Crippen LogP contribution >= 0.6 is 27.5 Å². The first-order valence-corrected chi connectivity index (χ1v) is 6.54. The van der Waals surface area contributed by atoms with Crippen LogP contribution in [0.5, 0.6) is 5.75 Å². The number of amides is 1. The van der Waals surface area contributed by atoms with Gasteiger partial charge < -0.3 is 10.1 Å². The van der Waals surface area contributed by atoms with Crippen molar-refractivity contribution in [2.45, 2.75) is 0 Å². The molecule has 1 amide bonds. The minimum absolute atomic E-state index is 0.296. The molecule has 2 rings (SSSR count). The third-order valence-corrected chi connectivity index (χ3v) is 3.26. The predicted molar refractivity (Wildman–Crippen MR) is 77.9 cm³/mol. The molecule has 0 atom stereocenters. The molecule has 0 aliphatic rings. The summed E-state index contributed by atoms with van der Waals surface area (Å²) in [6, 6.07) is 8.48. The van der Waals surface area contributed by atoms with Gasteiger partial charge in [-0.25, -0.2) is 4.98 Å². The summed E-state index contributed by atoms with van der Waals surface area (Å²) in [6.07, 6.45) is 1.55. The van der Waals surface area contributed by atoms with Crippen LogP contribution in [0.25, 0.3) is 0 Å². The van der Waals surface area contributed by atoms with Crippen molar-refractivity contribution in [2.75, 3.05) is 12.4 Å².